The maximum absolute atomic E-state index is 3.58. The lowest BCUT2D eigenvalue weighted by Crippen LogP contribution is -2.49. The maximum atomic E-state index is 3.58. The van der Waals surface area contributed by atoms with E-state index >= 15 is 0 Å². The molecule has 130 valence electrons. The zero-order chi connectivity index (χ0) is 16.9. The van der Waals surface area contributed by atoms with Crippen molar-refractivity contribution in [1.29, 1.82) is 0 Å². The second-order valence-corrected chi connectivity index (χ2v) is 6.72. The third-order valence-electron chi connectivity index (χ3n) is 5.05. The number of nitrogens with one attached hydrogen (secondary N) is 2. The van der Waals surface area contributed by atoms with E-state index in [1.807, 2.05) is 0 Å². The van der Waals surface area contributed by atoms with Crippen molar-refractivity contribution in [2.45, 2.75) is 6.42 Å². The van der Waals surface area contributed by atoms with E-state index in [4.69, 9.17) is 0 Å². The van der Waals surface area contributed by atoms with Gasteiger partial charge in [0.05, 0.1) is 5.69 Å². The molecular formula is C21H26N4. The Kier molecular flexibility index (Phi) is 5.00. The number of hydrogen-bond acceptors (Lipinski definition) is 3. The van der Waals surface area contributed by atoms with Gasteiger partial charge in [0.25, 0.3) is 0 Å². The summed E-state index contributed by atoms with van der Waals surface area (Å²) in [5.41, 5.74) is 3.97. The van der Waals surface area contributed by atoms with Crippen LogP contribution < -0.4 is 10.2 Å². The fourth-order valence-corrected chi connectivity index (χ4v) is 3.58. The third kappa shape index (κ3) is 3.86. The molecule has 0 aliphatic carbocycles. The number of para-hydroxylation sites is 1. The van der Waals surface area contributed by atoms with Crippen LogP contribution in [0.2, 0.25) is 0 Å². The lowest BCUT2D eigenvalue weighted by Gasteiger charge is -2.35. The van der Waals surface area contributed by atoms with Gasteiger partial charge in [-0.3, -0.25) is 4.90 Å². The molecule has 1 aliphatic heterocycles. The molecule has 1 aliphatic rings. The lowest BCUT2D eigenvalue weighted by atomic mass is 10.1. The van der Waals surface area contributed by atoms with Crippen LogP contribution in [-0.2, 0) is 6.42 Å². The first-order chi connectivity index (χ1) is 12.4. The Morgan fingerprint density at radius 1 is 0.880 bits per heavy atom. The van der Waals surface area contributed by atoms with Gasteiger partial charge in [-0.15, -0.1) is 0 Å². The number of hydrogen-bond donors (Lipinski definition) is 2. The monoisotopic (exact) mass is 334 g/mol. The highest BCUT2D eigenvalue weighted by Crippen LogP contribution is 2.27. The molecule has 2 heterocycles. The minimum absolute atomic E-state index is 0.981. The van der Waals surface area contributed by atoms with Crippen molar-refractivity contribution in [1.82, 2.24) is 15.2 Å². The molecular weight excluding hydrogens is 308 g/mol. The first-order valence-electron chi connectivity index (χ1n) is 9.18. The largest absolute Gasteiger partial charge is 0.367 e. The summed E-state index contributed by atoms with van der Waals surface area (Å²) in [4.78, 5) is 8.40. The summed E-state index contributed by atoms with van der Waals surface area (Å²) < 4.78 is 0. The summed E-state index contributed by atoms with van der Waals surface area (Å²) in [5, 5.41) is 4.91. The molecule has 0 spiro atoms. The van der Waals surface area contributed by atoms with Crippen molar-refractivity contribution >= 4 is 16.6 Å². The molecule has 4 heteroatoms. The van der Waals surface area contributed by atoms with E-state index < -0.39 is 0 Å². The van der Waals surface area contributed by atoms with Gasteiger partial charge in [-0.1, -0.05) is 48.5 Å². The van der Waals surface area contributed by atoms with E-state index in [0.717, 1.165) is 45.8 Å². The van der Waals surface area contributed by atoms with E-state index in [0.29, 0.717) is 0 Å². The smallest absolute Gasteiger partial charge is 0.0624 e. The molecule has 1 aromatic heterocycles. The summed E-state index contributed by atoms with van der Waals surface area (Å²) in [6.45, 7) is 6.40. The molecule has 0 bridgehead atoms. The zero-order valence-electron chi connectivity index (χ0n) is 14.6. The van der Waals surface area contributed by atoms with Crippen molar-refractivity contribution in [2.24, 2.45) is 0 Å². The summed E-state index contributed by atoms with van der Waals surface area (Å²) in [6, 6.07) is 19.2. The first-order valence-corrected chi connectivity index (χ1v) is 9.18. The van der Waals surface area contributed by atoms with Crippen molar-refractivity contribution in [3.8, 4) is 0 Å². The van der Waals surface area contributed by atoms with Crippen molar-refractivity contribution in [3.63, 3.8) is 0 Å². The number of anilines is 1. The number of benzene rings is 2. The van der Waals surface area contributed by atoms with Crippen LogP contribution in [0.1, 0.15) is 5.56 Å². The molecule has 0 saturated carbocycles. The number of fused-ring (bicyclic) bond motifs is 1. The lowest BCUT2D eigenvalue weighted by molar-refractivity contribution is 0.240. The number of aromatic nitrogens is 1. The minimum atomic E-state index is 0.981. The fraction of sp³-hybridized carbons (Fsp3) is 0.333. The van der Waals surface area contributed by atoms with E-state index in [1.54, 1.807) is 0 Å². The Morgan fingerprint density at radius 2 is 1.64 bits per heavy atom. The van der Waals surface area contributed by atoms with Gasteiger partial charge in [0, 0.05) is 56.5 Å². The van der Waals surface area contributed by atoms with Gasteiger partial charge in [0.15, 0.2) is 0 Å². The second kappa shape index (κ2) is 7.72. The molecule has 2 aromatic carbocycles. The quantitative estimate of drug-likeness (QED) is 0.680. The Bertz CT molecular complexity index is 788. The molecule has 3 aromatic rings. The third-order valence-corrected chi connectivity index (χ3v) is 5.05. The summed E-state index contributed by atoms with van der Waals surface area (Å²) in [5.74, 6) is 0. The van der Waals surface area contributed by atoms with Crippen molar-refractivity contribution in [3.05, 3.63) is 66.4 Å². The highest BCUT2D eigenvalue weighted by molar-refractivity contribution is 5.92. The number of aromatic amines is 1. The molecule has 0 unspecified atom stereocenters. The van der Waals surface area contributed by atoms with Crippen molar-refractivity contribution < 1.29 is 0 Å². The van der Waals surface area contributed by atoms with Gasteiger partial charge in [-0.2, -0.15) is 0 Å². The number of rotatable bonds is 6. The van der Waals surface area contributed by atoms with Crippen LogP contribution in [0.15, 0.2) is 60.8 Å². The number of nitrogens with zero attached hydrogens (tertiary/aromatic N) is 2. The molecule has 25 heavy (non-hydrogen) atoms. The van der Waals surface area contributed by atoms with Gasteiger partial charge in [-0.25, -0.2) is 0 Å². The van der Waals surface area contributed by atoms with E-state index in [9.17, 15) is 0 Å². The van der Waals surface area contributed by atoms with Crippen LogP contribution in [0.25, 0.3) is 10.9 Å². The summed E-state index contributed by atoms with van der Waals surface area (Å²) in [7, 11) is 0. The topological polar surface area (TPSA) is 34.3 Å². The van der Waals surface area contributed by atoms with E-state index in [1.165, 1.54) is 22.2 Å². The van der Waals surface area contributed by atoms with Crippen LogP contribution in [0.4, 0.5) is 5.69 Å². The van der Waals surface area contributed by atoms with E-state index in [-0.39, 0.29) is 0 Å². The zero-order valence-corrected chi connectivity index (χ0v) is 14.6. The second-order valence-electron chi connectivity index (χ2n) is 6.72. The van der Waals surface area contributed by atoms with Gasteiger partial charge in [0.2, 0.25) is 0 Å². The van der Waals surface area contributed by atoms with Crippen LogP contribution in [0.3, 0.4) is 0 Å². The van der Waals surface area contributed by atoms with Gasteiger partial charge in [0.1, 0.15) is 0 Å². The average Bonchev–Trinajstić information content (AvgIpc) is 3.11. The van der Waals surface area contributed by atoms with Crippen molar-refractivity contribution in [2.75, 3.05) is 44.3 Å². The number of H-pyrrole nitrogens is 1. The molecule has 4 rings (SSSR count). The van der Waals surface area contributed by atoms with Gasteiger partial charge >= 0.3 is 0 Å². The molecule has 0 radical (unpaired) electrons. The molecule has 4 nitrogen and oxygen atoms in total. The van der Waals surface area contributed by atoms with Crippen LogP contribution in [0.5, 0.6) is 0 Å². The van der Waals surface area contributed by atoms with Crippen LogP contribution >= 0.6 is 0 Å². The Hall–Kier alpha value is -2.30. The molecule has 2 N–H and O–H groups in total. The minimum Gasteiger partial charge on any atom is -0.367 e. The maximum Gasteiger partial charge on any atom is 0.0624 e. The summed E-state index contributed by atoms with van der Waals surface area (Å²) in [6.07, 6.45) is 3.24. The van der Waals surface area contributed by atoms with E-state index in [2.05, 4.69) is 80.9 Å². The van der Waals surface area contributed by atoms with Crippen LogP contribution in [-0.4, -0.2) is 49.3 Å². The Morgan fingerprint density at radius 3 is 2.48 bits per heavy atom. The first kappa shape index (κ1) is 16.2. The van der Waals surface area contributed by atoms with Gasteiger partial charge in [-0.05, 0) is 18.1 Å². The molecule has 0 amide bonds. The fourth-order valence-electron chi connectivity index (χ4n) is 3.58. The Labute approximate surface area is 149 Å². The molecule has 1 saturated heterocycles. The molecule has 1 fully saturated rings. The Balaban J connectivity index is 1.23. The predicted molar refractivity (Wildman–Crippen MR) is 105 cm³/mol. The predicted octanol–water partition coefficient (Wildman–Crippen LogP) is 3.08. The average molecular weight is 334 g/mol. The molecule has 0 atom stereocenters. The van der Waals surface area contributed by atoms with Gasteiger partial charge < -0.3 is 15.2 Å². The number of piperazine rings is 1. The standard InChI is InChI=1S/C21H26N4/c1-2-6-18(7-3-1)10-11-22-17-24-12-14-25(15-13-24)21-16-23-20-9-5-4-8-19(20)21/h1-9,16,22-23H,10-15,17H2. The summed E-state index contributed by atoms with van der Waals surface area (Å²) >= 11 is 0. The SMILES string of the molecule is c1ccc(CCNCN2CCN(c3c[nH]c4ccccc34)CC2)cc1. The highest BCUT2D eigenvalue weighted by atomic mass is 15.3. The highest BCUT2D eigenvalue weighted by Gasteiger charge is 2.18. The normalized spacial score (nSPS) is 15.8. The van der Waals surface area contributed by atoms with Crippen LogP contribution in [0, 0.1) is 0 Å².